The second-order valence-corrected chi connectivity index (χ2v) is 5.79. The minimum Gasteiger partial charge on any atom is -0.481 e. The molecular weight excluding hydrogens is 342 g/mol. The minimum absolute atomic E-state index is 0.195. The van der Waals surface area contributed by atoms with Crippen molar-refractivity contribution in [3.8, 4) is 5.88 Å². The minimum atomic E-state index is -0.202. The summed E-state index contributed by atoms with van der Waals surface area (Å²) in [6, 6.07) is 19.3. The van der Waals surface area contributed by atoms with Crippen molar-refractivity contribution in [2.24, 2.45) is 0 Å². The Morgan fingerprint density at radius 1 is 0.889 bits per heavy atom. The predicted octanol–water partition coefficient (Wildman–Crippen LogP) is 3.27. The summed E-state index contributed by atoms with van der Waals surface area (Å²) in [5, 5.41) is 5.63. The Morgan fingerprint density at radius 2 is 1.59 bits per heavy atom. The Bertz CT molecular complexity index is 908. The van der Waals surface area contributed by atoms with E-state index in [4.69, 9.17) is 4.74 Å². The number of carbonyl (C=O) groups excluding carboxylic acids is 2. The first-order chi connectivity index (χ1) is 13.2. The summed E-state index contributed by atoms with van der Waals surface area (Å²) in [4.78, 5) is 28.5. The molecule has 2 amide bonds. The fraction of sp³-hybridized carbons (Fsp3) is 0.0952. The van der Waals surface area contributed by atoms with Gasteiger partial charge in [0, 0.05) is 35.6 Å². The van der Waals surface area contributed by atoms with Gasteiger partial charge < -0.3 is 15.4 Å². The van der Waals surface area contributed by atoms with Crippen molar-refractivity contribution in [2.75, 3.05) is 12.4 Å². The van der Waals surface area contributed by atoms with Crippen LogP contribution in [0.25, 0.3) is 0 Å². The molecule has 3 aromatic rings. The molecule has 0 saturated carbocycles. The van der Waals surface area contributed by atoms with Gasteiger partial charge in [-0.15, -0.1) is 0 Å². The monoisotopic (exact) mass is 361 g/mol. The molecular formula is C21H19N3O3. The molecule has 0 bridgehead atoms. The molecule has 0 radical (unpaired) electrons. The fourth-order valence-corrected chi connectivity index (χ4v) is 2.42. The number of carbonyl (C=O) groups is 2. The van der Waals surface area contributed by atoms with Crippen LogP contribution >= 0.6 is 0 Å². The fourth-order valence-electron chi connectivity index (χ4n) is 2.42. The molecule has 0 aliphatic heterocycles. The summed E-state index contributed by atoms with van der Waals surface area (Å²) in [7, 11) is 1.55. The zero-order valence-corrected chi connectivity index (χ0v) is 14.8. The first-order valence-electron chi connectivity index (χ1n) is 8.39. The van der Waals surface area contributed by atoms with Crippen LogP contribution in [0, 0.1) is 0 Å². The van der Waals surface area contributed by atoms with Gasteiger partial charge in [-0.2, -0.15) is 0 Å². The highest BCUT2D eigenvalue weighted by Gasteiger charge is 2.08. The number of hydrogen-bond donors (Lipinski definition) is 2. The van der Waals surface area contributed by atoms with Gasteiger partial charge in [-0.1, -0.05) is 24.3 Å². The van der Waals surface area contributed by atoms with E-state index in [0.717, 1.165) is 5.56 Å². The first-order valence-corrected chi connectivity index (χ1v) is 8.39. The highest BCUT2D eigenvalue weighted by atomic mass is 16.5. The Hall–Kier alpha value is -3.67. The third kappa shape index (κ3) is 4.92. The highest BCUT2D eigenvalue weighted by molar-refractivity contribution is 6.04. The molecule has 1 aromatic heterocycles. The number of hydrogen-bond acceptors (Lipinski definition) is 4. The van der Waals surface area contributed by atoms with Crippen molar-refractivity contribution in [3.63, 3.8) is 0 Å². The Morgan fingerprint density at radius 3 is 2.22 bits per heavy atom. The van der Waals surface area contributed by atoms with Gasteiger partial charge in [-0.05, 0) is 42.0 Å². The van der Waals surface area contributed by atoms with Gasteiger partial charge in [-0.25, -0.2) is 4.98 Å². The molecule has 136 valence electrons. The average molecular weight is 361 g/mol. The molecule has 0 saturated heterocycles. The zero-order valence-electron chi connectivity index (χ0n) is 14.8. The molecule has 1 heterocycles. The van der Waals surface area contributed by atoms with Crippen molar-refractivity contribution >= 4 is 17.5 Å². The third-order valence-electron chi connectivity index (χ3n) is 3.90. The standard InChI is InChI=1S/C21H19N3O3/c1-27-19-12-7-15(13-22-19)14-23-20(25)17-8-10-18(11-9-17)24-21(26)16-5-3-2-4-6-16/h2-13H,14H2,1H3,(H,23,25)(H,24,26). The van der Waals surface area contributed by atoms with Crippen molar-refractivity contribution in [1.29, 1.82) is 0 Å². The molecule has 2 N–H and O–H groups in total. The van der Waals surface area contributed by atoms with Crippen LogP contribution in [0.2, 0.25) is 0 Å². The maximum absolute atomic E-state index is 12.3. The van der Waals surface area contributed by atoms with Crippen LogP contribution in [0.3, 0.4) is 0 Å². The largest absolute Gasteiger partial charge is 0.481 e. The Labute approximate surface area is 157 Å². The molecule has 3 rings (SSSR count). The molecule has 6 nitrogen and oxygen atoms in total. The van der Waals surface area contributed by atoms with Crippen LogP contribution in [0.1, 0.15) is 26.3 Å². The van der Waals surface area contributed by atoms with Crippen LogP contribution in [-0.2, 0) is 6.54 Å². The van der Waals surface area contributed by atoms with E-state index in [-0.39, 0.29) is 11.8 Å². The van der Waals surface area contributed by atoms with Gasteiger partial charge >= 0.3 is 0 Å². The van der Waals surface area contributed by atoms with Crippen molar-refractivity contribution < 1.29 is 14.3 Å². The first kappa shape index (κ1) is 18.1. The lowest BCUT2D eigenvalue weighted by Crippen LogP contribution is -2.22. The number of rotatable bonds is 6. The van der Waals surface area contributed by atoms with Crippen LogP contribution < -0.4 is 15.4 Å². The van der Waals surface area contributed by atoms with Crippen LogP contribution in [0.5, 0.6) is 5.88 Å². The zero-order chi connectivity index (χ0) is 19.1. The smallest absolute Gasteiger partial charge is 0.255 e. The van der Waals surface area contributed by atoms with Crippen molar-refractivity contribution in [1.82, 2.24) is 10.3 Å². The summed E-state index contributed by atoms with van der Waals surface area (Å²) in [6.45, 7) is 0.363. The lowest BCUT2D eigenvalue weighted by Gasteiger charge is -2.08. The summed E-state index contributed by atoms with van der Waals surface area (Å²) >= 11 is 0. The SMILES string of the molecule is COc1ccc(CNC(=O)c2ccc(NC(=O)c3ccccc3)cc2)cn1. The van der Waals surface area contributed by atoms with E-state index in [1.807, 2.05) is 12.1 Å². The van der Waals surface area contributed by atoms with Crippen molar-refractivity contribution in [2.45, 2.75) is 6.54 Å². The van der Waals surface area contributed by atoms with Crippen LogP contribution in [0.15, 0.2) is 72.9 Å². The molecule has 0 unspecified atom stereocenters. The van der Waals surface area contributed by atoms with Gasteiger partial charge in [0.2, 0.25) is 5.88 Å². The predicted molar refractivity (Wildman–Crippen MR) is 103 cm³/mol. The van der Waals surface area contributed by atoms with Crippen molar-refractivity contribution in [3.05, 3.63) is 89.6 Å². The molecule has 27 heavy (non-hydrogen) atoms. The summed E-state index contributed by atoms with van der Waals surface area (Å²) in [5.74, 6) is 0.129. The summed E-state index contributed by atoms with van der Waals surface area (Å²) < 4.78 is 5.00. The van der Waals surface area contributed by atoms with E-state index in [1.165, 1.54) is 0 Å². The van der Waals surface area contributed by atoms with Gasteiger partial charge in [0.05, 0.1) is 7.11 Å². The Kier molecular flexibility index (Phi) is 5.79. The van der Waals surface area contributed by atoms with Gasteiger partial charge in [0.1, 0.15) is 0 Å². The van der Waals surface area contributed by atoms with Crippen LogP contribution in [-0.4, -0.2) is 23.9 Å². The average Bonchev–Trinajstić information content (AvgIpc) is 2.73. The molecule has 0 spiro atoms. The topological polar surface area (TPSA) is 80.3 Å². The number of methoxy groups -OCH3 is 1. The molecule has 0 aliphatic carbocycles. The van der Waals surface area contributed by atoms with E-state index in [2.05, 4.69) is 15.6 Å². The quantitative estimate of drug-likeness (QED) is 0.706. The maximum atomic E-state index is 12.3. The number of ether oxygens (including phenoxy) is 1. The number of nitrogens with zero attached hydrogens (tertiary/aromatic N) is 1. The summed E-state index contributed by atoms with van der Waals surface area (Å²) in [5.41, 5.74) is 2.58. The molecule has 0 fully saturated rings. The van der Waals surface area contributed by atoms with E-state index in [0.29, 0.717) is 29.2 Å². The van der Waals surface area contributed by atoms with E-state index in [1.54, 1.807) is 67.9 Å². The van der Waals surface area contributed by atoms with E-state index >= 15 is 0 Å². The maximum Gasteiger partial charge on any atom is 0.255 e. The summed E-state index contributed by atoms with van der Waals surface area (Å²) in [6.07, 6.45) is 1.65. The normalized spacial score (nSPS) is 10.1. The molecule has 6 heteroatoms. The molecule has 0 aliphatic rings. The van der Waals surface area contributed by atoms with Gasteiger partial charge in [0.15, 0.2) is 0 Å². The van der Waals surface area contributed by atoms with Gasteiger partial charge in [0.25, 0.3) is 11.8 Å². The second-order valence-electron chi connectivity index (χ2n) is 5.79. The lowest BCUT2D eigenvalue weighted by atomic mass is 10.1. The Balaban J connectivity index is 1.56. The van der Waals surface area contributed by atoms with Gasteiger partial charge in [-0.3, -0.25) is 9.59 Å². The molecule has 2 aromatic carbocycles. The lowest BCUT2D eigenvalue weighted by molar-refractivity contribution is 0.0950. The van der Waals surface area contributed by atoms with E-state index in [9.17, 15) is 9.59 Å². The number of benzene rings is 2. The number of anilines is 1. The molecule has 0 atom stereocenters. The highest BCUT2D eigenvalue weighted by Crippen LogP contribution is 2.12. The second kappa shape index (κ2) is 8.62. The van der Waals surface area contributed by atoms with E-state index < -0.39 is 0 Å². The number of amides is 2. The number of nitrogens with one attached hydrogen (secondary N) is 2. The number of aromatic nitrogens is 1. The third-order valence-corrected chi connectivity index (χ3v) is 3.90. The number of pyridine rings is 1. The van der Waals surface area contributed by atoms with Crippen LogP contribution in [0.4, 0.5) is 5.69 Å².